The van der Waals surface area contributed by atoms with Crippen molar-refractivity contribution in [1.82, 2.24) is 25.3 Å². The lowest BCUT2D eigenvalue weighted by Gasteiger charge is -2.24. The minimum Gasteiger partial charge on any atom is -0.356 e. The first-order valence-corrected chi connectivity index (χ1v) is 8.65. The number of nitrogens with zero attached hydrogens (tertiary/aromatic N) is 4. The third-order valence-electron chi connectivity index (χ3n) is 4.32. The van der Waals surface area contributed by atoms with Crippen LogP contribution in [0.3, 0.4) is 0 Å². The molecule has 2 rings (SSSR count). The predicted octanol–water partition coefficient (Wildman–Crippen LogP) is 1.58. The highest BCUT2D eigenvalue weighted by Crippen LogP contribution is 2.21. The number of rotatable bonds is 5. The largest absolute Gasteiger partial charge is 0.356 e. The number of aliphatic imine (C=N–C) groups is 1. The molecular weight excluding hydrogens is 431 g/mol. The van der Waals surface area contributed by atoms with Crippen LogP contribution in [0.1, 0.15) is 44.0 Å². The molecule has 1 heterocycles. The van der Waals surface area contributed by atoms with Gasteiger partial charge in [-0.2, -0.15) is 5.10 Å². The van der Waals surface area contributed by atoms with E-state index in [9.17, 15) is 4.79 Å². The van der Waals surface area contributed by atoms with Crippen LogP contribution in [0.5, 0.6) is 0 Å². The molecule has 0 spiro atoms. The highest BCUT2D eigenvalue weighted by Gasteiger charge is 2.23. The van der Waals surface area contributed by atoms with Gasteiger partial charge >= 0.3 is 0 Å². The zero-order chi connectivity index (χ0) is 17.7. The standard InChI is InChI=1S/C17H30N6O.HI/c1-12(2)23-11-13-6-7-14(10-15(13)21-23)20-17(18-3)19-9-8-16(24)22(4)5;/h11-12,14H,6-10H2,1-5H3,(H2,18,19,20);1H. The Labute approximate surface area is 167 Å². The third kappa shape index (κ3) is 6.16. The van der Waals surface area contributed by atoms with Crippen LogP contribution in [0, 0.1) is 0 Å². The molecule has 0 saturated heterocycles. The molecule has 1 aliphatic rings. The summed E-state index contributed by atoms with van der Waals surface area (Å²) in [5, 5.41) is 11.4. The lowest BCUT2D eigenvalue weighted by atomic mass is 9.94. The fourth-order valence-electron chi connectivity index (χ4n) is 2.80. The zero-order valence-corrected chi connectivity index (χ0v) is 18.2. The van der Waals surface area contributed by atoms with Crippen LogP contribution >= 0.6 is 24.0 Å². The number of fused-ring (bicyclic) bond motifs is 1. The highest BCUT2D eigenvalue weighted by atomic mass is 127. The summed E-state index contributed by atoms with van der Waals surface area (Å²) in [4.78, 5) is 17.5. The number of amides is 1. The van der Waals surface area contributed by atoms with Crippen molar-refractivity contribution in [1.29, 1.82) is 0 Å². The van der Waals surface area contributed by atoms with Crippen molar-refractivity contribution >= 4 is 35.8 Å². The number of nitrogens with one attached hydrogen (secondary N) is 2. The molecule has 25 heavy (non-hydrogen) atoms. The Morgan fingerprint density at radius 2 is 2.20 bits per heavy atom. The molecule has 7 nitrogen and oxygen atoms in total. The second-order valence-electron chi connectivity index (χ2n) is 6.80. The predicted molar refractivity (Wildman–Crippen MR) is 112 cm³/mol. The van der Waals surface area contributed by atoms with Gasteiger partial charge in [0.25, 0.3) is 0 Å². The second kappa shape index (κ2) is 9.98. The van der Waals surface area contributed by atoms with E-state index >= 15 is 0 Å². The first-order chi connectivity index (χ1) is 11.4. The molecule has 0 fully saturated rings. The Bertz CT molecular complexity index is 596. The van der Waals surface area contributed by atoms with Crippen molar-refractivity contribution in [3.8, 4) is 0 Å². The van der Waals surface area contributed by atoms with Crippen molar-refractivity contribution < 1.29 is 4.79 Å². The number of hydrogen-bond donors (Lipinski definition) is 2. The van der Waals surface area contributed by atoms with E-state index < -0.39 is 0 Å². The third-order valence-corrected chi connectivity index (χ3v) is 4.32. The first kappa shape index (κ1) is 21.7. The van der Waals surface area contributed by atoms with Gasteiger partial charge in [-0.3, -0.25) is 14.5 Å². The zero-order valence-electron chi connectivity index (χ0n) is 15.9. The number of aromatic nitrogens is 2. The average molecular weight is 462 g/mol. The fraction of sp³-hybridized carbons (Fsp3) is 0.706. The molecule has 0 aliphatic heterocycles. The minimum absolute atomic E-state index is 0. The van der Waals surface area contributed by atoms with E-state index in [2.05, 4.69) is 35.7 Å². The summed E-state index contributed by atoms with van der Waals surface area (Å²) in [6.07, 6.45) is 5.65. The molecule has 0 radical (unpaired) electrons. The Balaban J connectivity index is 0.00000312. The number of aryl methyl sites for hydroxylation is 1. The van der Waals surface area contributed by atoms with E-state index in [4.69, 9.17) is 5.10 Å². The Morgan fingerprint density at radius 1 is 1.48 bits per heavy atom. The summed E-state index contributed by atoms with van der Waals surface area (Å²) in [5.41, 5.74) is 2.55. The average Bonchev–Trinajstić information content (AvgIpc) is 2.97. The molecule has 0 aromatic carbocycles. The SMILES string of the molecule is CN=C(NCCC(=O)N(C)C)NC1CCc2cn(C(C)C)nc2C1.I. The van der Waals surface area contributed by atoms with Crippen LogP contribution in [-0.2, 0) is 17.6 Å². The lowest BCUT2D eigenvalue weighted by molar-refractivity contribution is -0.128. The molecule has 2 N–H and O–H groups in total. The van der Waals surface area contributed by atoms with Crippen LogP contribution < -0.4 is 10.6 Å². The molecule has 0 bridgehead atoms. The molecule has 1 aromatic rings. The van der Waals surface area contributed by atoms with Gasteiger partial charge in [0.15, 0.2) is 5.96 Å². The van der Waals surface area contributed by atoms with Crippen LogP contribution in [0.4, 0.5) is 0 Å². The molecule has 1 atom stereocenters. The Kier molecular flexibility index (Phi) is 8.67. The monoisotopic (exact) mass is 462 g/mol. The maximum absolute atomic E-state index is 11.6. The van der Waals surface area contributed by atoms with E-state index in [0.717, 1.165) is 25.2 Å². The van der Waals surface area contributed by atoms with E-state index in [1.165, 1.54) is 11.3 Å². The summed E-state index contributed by atoms with van der Waals surface area (Å²) in [6, 6.07) is 0.717. The normalized spacial score (nSPS) is 16.9. The maximum atomic E-state index is 11.6. The summed E-state index contributed by atoms with van der Waals surface area (Å²) >= 11 is 0. The molecule has 1 unspecified atom stereocenters. The van der Waals surface area contributed by atoms with Crippen molar-refractivity contribution in [2.45, 2.75) is 51.6 Å². The van der Waals surface area contributed by atoms with Crippen molar-refractivity contribution in [3.63, 3.8) is 0 Å². The van der Waals surface area contributed by atoms with Gasteiger partial charge in [-0.25, -0.2) is 0 Å². The van der Waals surface area contributed by atoms with Crippen LogP contribution in [0.25, 0.3) is 0 Å². The molecule has 8 heteroatoms. The Morgan fingerprint density at radius 3 is 2.80 bits per heavy atom. The molecule has 142 valence electrons. The van der Waals surface area contributed by atoms with E-state index in [-0.39, 0.29) is 29.9 Å². The second-order valence-corrected chi connectivity index (χ2v) is 6.80. The quantitative estimate of drug-likeness (QED) is 0.396. The molecule has 1 aromatic heterocycles. The number of hydrogen-bond acceptors (Lipinski definition) is 3. The lowest BCUT2D eigenvalue weighted by Crippen LogP contribution is -2.46. The van der Waals surface area contributed by atoms with Gasteiger partial charge in [-0.1, -0.05) is 0 Å². The van der Waals surface area contributed by atoms with Crippen LogP contribution in [-0.4, -0.2) is 60.3 Å². The van der Waals surface area contributed by atoms with Crippen molar-refractivity contribution in [2.24, 2.45) is 4.99 Å². The molecule has 1 amide bonds. The van der Waals surface area contributed by atoms with Gasteiger partial charge in [-0.15, -0.1) is 24.0 Å². The van der Waals surface area contributed by atoms with Gasteiger partial charge in [0.05, 0.1) is 5.69 Å². The number of guanidine groups is 1. The number of halogens is 1. The first-order valence-electron chi connectivity index (χ1n) is 8.65. The minimum atomic E-state index is 0. The van der Waals surface area contributed by atoms with E-state index in [0.29, 0.717) is 25.0 Å². The highest BCUT2D eigenvalue weighted by molar-refractivity contribution is 14.0. The smallest absolute Gasteiger partial charge is 0.223 e. The van der Waals surface area contributed by atoms with Gasteiger partial charge in [0.2, 0.25) is 5.91 Å². The molecular formula is C17H31IN6O. The summed E-state index contributed by atoms with van der Waals surface area (Å²) in [7, 11) is 5.29. The molecule has 1 aliphatic carbocycles. The maximum Gasteiger partial charge on any atom is 0.223 e. The van der Waals surface area contributed by atoms with Gasteiger partial charge in [0, 0.05) is 58.8 Å². The Hall–Kier alpha value is -1.32. The van der Waals surface area contributed by atoms with Crippen LogP contribution in [0.2, 0.25) is 0 Å². The summed E-state index contributed by atoms with van der Waals surface area (Å²) in [6.45, 7) is 4.88. The topological polar surface area (TPSA) is 74.6 Å². The fourth-order valence-corrected chi connectivity index (χ4v) is 2.80. The van der Waals surface area contributed by atoms with E-state index in [1.54, 1.807) is 26.0 Å². The van der Waals surface area contributed by atoms with Gasteiger partial charge in [-0.05, 0) is 32.3 Å². The van der Waals surface area contributed by atoms with Crippen LogP contribution in [0.15, 0.2) is 11.2 Å². The molecule has 0 saturated carbocycles. The summed E-state index contributed by atoms with van der Waals surface area (Å²) in [5.74, 6) is 0.859. The van der Waals surface area contributed by atoms with Gasteiger partial charge in [0.1, 0.15) is 0 Å². The van der Waals surface area contributed by atoms with Crippen molar-refractivity contribution in [3.05, 3.63) is 17.5 Å². The van der Waals surface area contributed by atoms with Crippen molar-refractivity contribution in [2.75, 3.05) is 27.7 Å². The van der Waals surface area contributed by atoms with E-state index in [1.807, 2.05) is 4.68 Å². The van der Waals surface area contributed by atoms with Gasteiger partial charge < -0.3 is 15.5 Å². The number of carbonyl (C=O) groups excluding carboxylic acids is 1. The summed E-state index contributed by atoms with van der Waals surface area (Å²) < 4.78 is 2.05. The number of carbonyl (C=O) groups is 1.